The average molecular weight is 608 g/mol. The number of nitrogens with one attached hydrogen (secondary N) is 2. The van der Waals surface area contributed by atoms with E-state index in [0.29, 0.717) is 23.1 Å². The summed E-state index contributed by atoms with van der Waals surface area (Å²) in [6, 6.07) is 17.3. The molecule has 1 heterocycles. The highest BCUT2D eigenvalue weighted by molar-refractivity contribution is 7.92. The number of primary amides is 1. The number of carbonyl (C=O) groups is 2. The molecule has 2 amide bonds. The molecule has 1 fully saturated rings. The van der Waals surface area contributed by atoms with Crippen LogP contribution in [0.15, 0.2) is 66.7 Å². The van der Waals surface area contributed by atoms with E-state index in [9.17, 15) is 22.4 Å². The topological polar surface area (TPSA) is 122 Å². The molecule has 3 aromatic carbocycles. The molecule has 4 rings (SSSR count). The molecule has 1 atom stereocenters. The maximum Gasteiger partial charge on any atom is 0.254 e. The van der Waals surface area contributed by atoms with Crippen LogP contribution in [-0.4, -0.2) is 50.0 Å². The lowest BCUT2D eigenvalue weighted by atomic mass is 9.91. The van der Waals surface area contributed by atoms with Crippen LogP contribution in [0.2, 0.25) is 10.0 Å². The van der Waals surface area contributed by atoms with Gasteiger partial charge in [-0.25, -0.2) is 12.8 Å². The summed E-state index contributed by atoms with van der Waals surface area (Å²) in [5.74, 6) is -2.78. The lowest BCUT2D eigenvalue weighted by molar-refractivity contribution is -0.119. The molecule has 212 valence electrons. The van der Waals surface area contributed by atoms with Crippen molar-refractivity contribution in [3.05, 3.63) is 99.3 Å². The number of benzene rings is 3. The van der Waals surface area contributed by atoms with Crippen LogP contribution in [0.4, 0.5) is 10.1 Å². The molecule has 0 saturated carbocycles. The van der Waals surface area contributed by atoms with Gasteiger partial charge in [-0.2, -0.15) is 0 Å². The van der Waals surface area contributed by atoms with Gasteiger partial charge in [-0.3, -0.25) is 19.2 Å². The number of sulfonamides is 1. The molecule has 0 aromatic heterocycles. The molecule has 0 radical (unpaired) electrons. The fraction of sp³-hybridized carbons (Fsp3) is 0.286. The van der Waals surface area contributed by atoms with Gasteiger partial charge in [0.1, 0.15) is 11.9 Å². The minimum Gasteiger partial charge on any atom is -0.368 e. The highest BCUT2D eigenvalue weighted by Gasteiger charge is 2.36. The van der Waals surface area contributed by atoms with Crippen molar-refractivity contribution >= 4 is 50.7 Å². The van der Waals surface area contributed by atoms with E-state index < -0.39 is 39.3 Å². The second-order valence-corrected chi connectivity index (χ2v) is 12.4. The van der Waals surface area contributed by atoms with Crippen molar-refractivity contribution in [2.24, 2.45) is 11.7 Å². The number of nitrogens with zero attached hydrogens (tertiary/aromatic N) is 1. The van der Waals surface area contributed by atoms with Gasteiger partial charge in [0, 0.05) is 34.7 Å². The smallest absolute Gasteiger partial charge is 0.254 e. The highest BCUT2D eigenvalue weighted by atomic mass is 35.5. The monoisotopic (exact) mass is 606 g/mol. The number of hydrogen-bond donors (Lipinski definition) is 3. The van der Waals surface area contributed by atoms with E-state index in [4.69, 9.17) is 28.9 Å². The summed E-state index contributed by atoms with van der Waals surface area (Å²) in [4.78, 5) is 26.1. The first-order valence-corrected chi connectivity index (χ1v) is 15.0. The van der Waals surface area contributed by atoms with Crippen molar-refractivity contribution in [2.45, 2.75) is 25.4 Å². The first-order valence-electron chi connectivity index (χ1n) is 12.6. The predicted molar refractivity (Wildman–Crippen MR) is 154 cm³/mol. The Morgan fingerprint density at radius 3 is 2.05 bits per heavy atom. The number of amides is 2. The Morgan fingerprint density at radius 2 is 1.55 bits per heavy atom. The van der Waals surface area contributed by atoms with Gasteiger partial charge in [0.15, 0.2) is 0 Å². The molecule has 1 saturated heterocycles. The van der Waals surface area contributed by atoms with Gasteiger partial charge in [-0.1, -0.05) is 54.4 Å². The summed E-state index contributed by atoms with van der Waals surface area (Å²) in [7, 11) is -3.82. The average Bonchev–Trinajstić information content (AvgIpc) is 2.88. The molecule has 4 N–H and O–H groups in total. The number of anilines is 1. The zero-order valence-corrected chi connectivity index (χ0v) is 23.9. The zero-order valence-electron chi connectivity index (χ0n) is 21.6. The lowest BCUT2D eigenvalue weighted by Crippen LogP contribution is -2.51. The first-order chi connectivity index (χ1) is 19.0. The Bertz CT molecular complexity index is 1440. The highest BCUT2D eigenvalue weighted by Crippen LogP contribution is 2.36. The molecule has 0 spiro atoms. The van der Waals surface area contributed by atoms with Crippen LogP contribution in [0.25, 0.3) is 0 Å². The SMILES string of the molecule is CCC(NC(=O)c1cc(NS(=O)(=O)CC2CN(C(c3ccc(Cl)cc3)c3ccc(Cl)cc3)C2)ccc1F)C(N)=O. The number of nitrogens with two attached hydrogens (primary N) is 1. The van der Waals surface area contributed by atoms with Crippen molar-refractivity contribution in [3.8, 4) is 0 Å². The van der Waals surface area contributed by atoms with Crippen molar-refractivity contribution in [1.29, 1.82) is 0 Å². The van der Waals surface area contributed by atoms with E-state index in [0.717, 1.165) is 23.3 Å². The minimum atomic E-state index is -3.82. The summed E-state index contributed by atoms with van der Waals surface area (Å²) in [6.45, 7) is 2.70. The molecular formula is C28H29Cl2FN4O4S. The fourth-order valence-corrected chi connectivity index (χ4v) is 6.39. The lowest BCUT2D eigenvalue weighted by Gasteiger charge is -2.44. The van der Waals surface area contributed by atoms with Gasteiger partial charge in [0.05, 0.1) is 17.4 Å². The predicted octanol–water partition coefficient (Wildman–Crippen LogP) is 4.59. The van der Waals surface area contributed by atoms with Crippen molar-refractivity contribution in [2.75, 3.05) is 23.6 Å². The molecule has 12 heteroatoms. The Balaban J connectivity index is 1.43. The summed E-state index contributed by atoms with van der Waals surface area (Å²) < 4.78 is 42.7. The number of hydrogen-bond acceptors (Lipinski definition) is 5. The Hall–Kier alpha value is -3.18. The molecule has 40 heavy (non-hydrogen) atoms. The molecule has 8 nitrogen and oxygen atoms in total. The van der Waals surface area contributed by atoms with E-state index in [1.165, 1.54) is 6.07 Å². The minimum absolute atomic E-state index is 0.0371. The summed E-state index contributed by atoms with van der Waals surface area (Å²) in [6.07, 6.45) is 0.227. The number of rotatable bonds is 11. The fourth-order valence-electron chi connectivity index (χ4n) is 4.73. The van der Waals surface area contributed by atoms with Crippen LogP contribution in [0.3, 0.4) is 0 Å². The van der Waals surface area contributed by atoms with E-state index in [2.05, 4.69) is 14.9 Å². The van der Waals surface area contributed by atoms with Crippen LogP contribution >= 0.6 is 23.2 Å². The third kappa shape index (κ3) is 7.31. The normalized spacial score (nSPS) is 14.9. The molecule has 1 aliphatic rings. The molecular weight excluding hydrogens is 578 g/mol. The first kappa shape index (κ1) is 29.8. The van der Waals surface area contributed by atoms with Gasteiger partial charge in [0.2, 0.25) is 15.9 Å². The van der Waals surface area contributed by atoms with E-state index >= 15 is 0 Å². The third-order valence-electron chi connectivity index (χ3n) is 6.72. The van der Waals surface area contributed by atoms with Crippen LogP contribution in [-0.2, 0) is 14.8 Å². The maximum atomic E-state index is 14.4. The van der Waals surface area contributed by atoms with Gasteiger partial charge < -0.3 is 11.1 Å². The molecule has 1 aliphatic heterocycles. The van der Waals surface area contributed by atoms with E-state index in [1.54, 1.807) is 6.92 Å². The van der Waals surface area contributed by atoms with Gasteiger partial charge >= 0.3 is 0 Å². The van der Waals surface area contributed by atoms with Crippen LogP contribution in [0.5, 0.6) is 0 Å². The summed E-state index contributed by atoms with van der Waals surface area (Å²) in [5.41, 5.74) is 6.92. The van der Waals surface area contributed by atoms with Crippen LogP contribution < -0.4 is 15.8 Å². The van der Waals surface area contributed by atoms with Crippen LogP contribution in [0.1, 0.15) is 40.9 Å². The zero-order chi connectivity index (χ0) is 29.0. The van der Waals surface area contributed by atoms with Crippen LogP contribution in [0, 0.1) is 11.7 Å². The number of carbonyl (C=O) groups excluding carboxylic acids is 2. The Labute approximate surface area is 242 Å². The van der Waals surface area contributed by atoms with Gasteiger partial charge in [-0.15, -0.1) is 0 Å². The second kappa shape index (κ2) is 12.6. The van der Waals surface area contributed by atoms with E-state index in [1.807, 2.05) is 48.5 Å². The molecule has 1 unspecified atom stereocenters. The summed E-state index contributed by atoms with van der Waals surface area (Å²) >= 11 is 12.2. The standard InChI is InChI=1S/C28H29Cl2FN4O4S/c1-2-25(27(32)36)33-28(37)23-13-22(11-12-24(23)31)34-40(38,39)16-17-14-35(15-17)26(18-3-7-20(29)8-4-18)19-5-9-21(30)10-6-19/h3-13,17,25-26,34H,2,14-16H2,1H3,(H2,32,36)(H,33,37). The van der Waals surface area contributed by atoms with Crippen molar-refractivity contribution < 1.29 is 22.4 Å². The quantitative estimate of drug-likeness (QED) is 0.295. The molecule has 0 bridgehead atoms. The molecule has 0 aliphatic carbocycles. The maximum absolute atomic E-state index is 14.4. The van der Waals surface area contributed by atoms with E-state index in [-0.39, 0.29) is 29.8 Å². The number of halogens is 3. The van der Waals surface area contributed by atoms with Gasteiger partial charge in [-0.05, 0) is 60.0 Å². The Morgan fingerprint density at radius 1 is 1.00 bits per heavy atom. The second-order valence-electron chi connectivity index (χ2n) is 9.74. The molecule has 3 aromatic rings. The largest absolute Gasteiger partial charge is 0.368 e. The van der Waals surface area contributed by atoms with Gasteiger partial charge in [0.25, 0.3) is 5.91 Å². The number of likely N-dealkylation sites (tertiary alicyclic amines) is 1. The third-order valence-corrected chi connectivity index (χ3v) is 8.68. The Kier molecular flexibility index (Phi) is 9.35. The van der Waals surface area contributed by atoms with Crippen molar-refractivity contribution in [3.63, 3.8) is 0 Å². The summed E-state index contributed by atoms with van der Waals surface area (Å²) in [5, 5.41) is 3.61. The van der Waals surface area contributed by atoms with Crippen molar-refractivity contribution in [1.82, 2.24) is 10.2 Å².